The Morgan fingerprint density at radius 1 is 1.07 bits per heavy atom. The van der Waals surface area contributed by atoms with Gasteiger partial charge in [-0.3, -0.25) is 4.79 Å². The number of rotatable bonds is 6. The molecule has 0 bridgehead atoms. The third kappa shape index (κ3) is 5.77. The lowest BCUT2D eigenvalue weighted by atomic mass is 9.73. The van der Waals surface area contributed by atoms with E-state index in [4.69, 9.17) is 30.5 Å². The Hall–Kier alpha value is -3.79. The summed E-state index contributed by atoms with van der Waals surface area (Å²) >= 11 is 6.29. The van der Waals surface area contributed by atoms with E-state index >= 15 is 0 Å². The number of carbonyl (C=O) groups excluding carboxylic acids is 2. The molecule has 1 fully saturated rings. The molecule has 11 heteroatoms. The third-order valence-electron chi connectivity index (χ3n) is 7.94. The van der Waals surface area contributed by atoms with Gasteiger partial charge in [0.05, 0.1) is 39.0 Å². The number of hydrogen-bond donors (Lipinski definition) is 2. The Bertz CT molecular complexity index is 1420. The lowest BCUT2D eigenvalue weighted by Crippen LogP contribution is -2.58. The number of halogens is 1. The van der Waals surface area contributed by atoms with Crippen LogP contribution < -0.4 is 19.5 Å². The maximum absolute atomic E-state index is 14.2. The number of aromatic nitrogens is 1. The van der Waals surface area contributed by atoms with Crippen molar-refractivity contribution in [1.29, 1.82) is 0 Å². The largest absolute Gasteiger partial charge is 0.496 e. The first kappa shape index (κ1) is 29.7. The Kier molecular flexibility index (Phi) is 8.11. The minimum atomic E-state index is -0.615. The summed E-state index contributed by atoms with van der Waals surface area (Å²) in [6.07, 6.45) is 5.07. The van der Waals surface area contributed by atoms with Gasteiger partial charge in [0.2, 0.25) is 0 Å². The van der Waals surface area contributed by atoms with Crippen molar-refractivity contribution in [1.82, 2.24) is 20.1 Å². The molecule has 0 aliphatic carbocycles. The number of nitrogens with one attached hydrogen (secondary N) is 2. The first-order chi connectivity index (χ1) is 20.0. The van der Waals surface area contributed by atoms with Crippen molar-refractivity contribution in [2.24, 2.45) is 0 Å². The highest BCUT2D eigenvalue weighted by Gasteiger charge is 2.48. The number of ether oxygens (including phenoxy) is 4. The quantitative estimate of drug-likeness (QED) is 0.449. The number of benzene rings is 1. The standard InChI is InChI=1S/C31H39ClN4O6/c1-30(2,3)42-29(38)35-11-7-9-31(17-35)18-36(16-22-24(40-5)13-20(39-4)14-25(22)41-6)28(37)21-15-23(34-27(21)31)19-8-10-33-26(32)12-19/h8,12-15,33-34H,7,9-11,16-18H2,1-6H3. The summed E-state index contributed by atoms with van der Waals surface area (Å²) in [4.78, 5) is 34.6. The van der Waals surface area contributed by atoms with Gasteiger partial charge in [-0.2, -0.15) is 0 Å². The van der Waals surface area contributed by atoms with E-state index in [-0.39, 0.29) is 18.5 Å². The van der Waals surface area contributed by atoms with E-state index < -0.39 is 11.0 Å². The number of piperidine rings is 1. The van der Waals surface area contributed by atoms with Crippen LogP contribution in [0.15, 0.2) is 35.5 Å². The zero-order valence-corrected chi connectivity index (χ0v) is 25.8. The van der Waals surface area contributed by atoms with Gasteiger partial charge in [0.1, 0.15) is 28.0 Å². The van der Waals surface area contributed by atoms with Gasteiger partial charge < -0.3 is 39.0 Å². The smallest absolute Gasteiger partial charge is 0.410 e. The average Bonchev–Trinajstić information content (AvgIpc) is 3.42. The van der Waals surface area contributed by atoms with Crippen molar-refractivity contribution in [3.8, 4) is 17.2 Å². The molecule has 226 valence electrons. The Labute approximate surface area is 251 Å². The van der Waals surface area contributed by atoms with Gasteiger partial charge in [0.15, 0.2) is 0 Å². The van der Waals surface area contributed by atoms with Gasteiger partial charge in [-0.05, 0) is 51.3 Å². The maximum atomic E-state index is 14.2. The van der Waals surface area contributed by atoms with Crippen molar-refractivity contribution >= 4 is 29.2 Å². The van der Waals surface area contributed by atoms with Crippen LogP contribution in [0.4, 0.5) is 4.79 Å². The van der Waals surface area contributed by atoms with Gasteiger partial charge in [-0.1, -0.05) is 17.7 Å². The van der Waals surface area contributed by atoms with Crippen LogP contribution in [-0.2, 0) is 16.7 Å². The highest BCUT2D eigenvalue weighted by atomic mass is 35.5. The Morgan fingerprint density at radius 3 is 2.40 bits per heavy atom. The van der Waals surface area contributed by atoms with E-state index in [1.807, 2.05) is 43.9 Å². The number of fused-ring (bicyclic) bond motifs is 2. The van der Waals surface area contributed by atoms with Crippen molar-refractivity contribution in [3.05, 3.63) is 58.0 Å². The molecule has 4 heterocycles. The van der Waals surface area contributed by atoms with Gasteiger partial charge >= 0.3 is 6.09 Å². The molecule has 3 aliphatic heterocycles. The fourth-order valence-electron chi connectivity index (χ4n) is 6.08. The molecule has 10 nitrogen and oxygen atoms in total. The highest BCUT2D eigenvalue weighted by molar-refractivity contribution is 6.30. The van der Waals surface area contributed by atoms with Crippen LogP contribution in [0.5, 0.6) is 17.2 Å². The Balaban J connectivity index is 1.57. The van der Waals surface area contributed by atoms with E-state index in [0.29, 0.717) is 54.1 Å². The van der Waals surface area contributed by atoms with Crippen molar-refractivity contribution in [2.75, 3.05) is 47.5 Å². The SMILES string of the molecule is COc1cc(OC)c(CN2CC3(CCCN(C(=O)OC(C)(C)C)C3)c3[nH]c(C4=CCNC(Cl)=C4)cc3C2=O)c(OC)c1. The monoisotopic (exact) mass is 598 g/mol. The molecule has 2 amide bonds. The second-order valence-electron chi connectivity index (χ2n) is 12.0. The lowest BCUT2D eigenvalue weighted by Gasteiger charge is -2.47. The van der Waals surface area contributed by atoms with Crippen molar-refractivity contribution in [3.63, 3.8) is 0 Å². The van der Waals surface area contributed by atoms with E-state index in [0.717, 1.165) is 35.4 Å². The number of carbonyl (C=O) groups is 2. The molecule has 1 saturated heterocycles. The lowest BCUT2D eigenvalue weighted by molar-refractivity contribution is 0.00818. The summed E-state index contributed by atoms with van der Waals surface area (Å²) in [5.74, 6) is 1.60. The van der Waals surface area contributed by atoms with Crippen molar-refractivity contribution in [2.45, 2.75) is 51.2 Å². The number of H-pyrrole nitrogens is 1. The van der Waals surface area contributed by atoms with E-state index in [1.54, 1.807) is 38.4 Å². The van der Waals surface area contributed by atoms with E-state index in [9.17, 15) is 9.59 Å². The normalized spacial score (nSPS) is 20.4. The van der Waals surface area contributed by atoms with Crippen LogP contribution in [-0.4, -0.2) is 79.9 Å². The number of methoxy groups -OCH3 is 3. The topological polar surface area (TPSA) is 105 Å². The molecule has 1 spiro atoms. The number of aromatic amines is 1. The number of dihydropyridines is 1. The molecule has 1 aromatic carbocycles. The summed E-state index contributed by atoms with van der Waals surface area (Å²) < 4.78 is 22.6. The van der Waals surface area contributed by atoms with Crippen LogP contribution in [0.1, 0.15) is 60.9 Å². The third-order valence-corrected chi connectivity index (χ3v) is 8.18. The first-order valence-electron chi connectivity index (χ1n) is 14.1. The van der Waals surface area contributed by atoms with Crippen molar-refractivity contribution < 1.29 is 28.5 Å². The minimum Gasteiger partial charge on any atom is -0.496 e. The second-order valence-corrected chi connectivity index (χ2v) is 12.4. The van der Waals surface area contributed by atoms with Gasteiger partial charge in [-0.25, -0.2) is 4.79 Å². The number of hydrogen-bond acceptors (Lipinski definition) is 7. The Morgan fingerprint density at radius 2 is 1.79 bits per heavy atom. The molecule has 1 unspecified atom stereocenters. The molecule has 2 N–H and O–H groups in total. The molecule has 42 heavy (non-hydrogen) atoms. The second kappa shape index (κ2) is 11.5. The maximum Gasteiger partial charge on any atom is 0.410 e. The van der Waals surface area contributed by atoms with Crippen LogP contribution >= 0.6 is 11.6 Å². The average molecular weight is 599 g/mol. The molecule has 1 atom stereocenters. The summed E-state index contributed by atoms with van der Waals surface area (Å²) in [6.45, 7) is 7.82. The summed E-state index contributed by atoms with van der Waals surface area (Å²) in [7, 11) is 4.74. The number of nitrogens with zero attached hydrogens (tertiary/aromatic N) is 2. The van der Waals surface area contributed by atoms with Crippen LogP contribution in [0.25, 0.3) is 5.57 Å². The van der Waals surface area contributed by atoms with Gasteiger partial charge in [-0.15, -0.1) is 0 Å². The minimum absolute atomic E-state index is 0.114. The zero-order valence-electron chi connectivity index (χ0n) is 25.1. The predicted molar refractivity (Wildman–Crippen MR) is 160 cm³/mol. The van der Waals surface area contributed by atoms with Crippen LogP contribution in [0.3, 0.4) is 0 Å². The summed E-state index contributed by atoms with van der Waals surface area (Å²) in [5, 5.41) is 3.62. The molecule has 0 saturated carbocycles. The molecule has 3 aliphatic rings. The van der Waals surface area contributed by atoms with E-state index in [1.165, 1.54) is 0 Å². The summed E-state index contributed by atoms with van der Waals surface area (Å²) in [5.41, 5.74) is 2.71. The zero-order chi connectivity index (χ0) is 30.2. The predicted octanol–water partition coefficient (Wildman–Crippen LogP) is 5.03. The van der Waals surface area contributed by atoms with Crippen LogP contribution in [0, 0.1) is 0 Å². The fourth-order valence-corrected chi connectivity index (χ4v) is 6.27. The molecule has 5 rings (SSSR count). The molecule has 1 aromatic heterocycles. The molecular formula is C31H39ClN4O6. The van der Waals surface area contributed by atoms with Gasteiger partial charge in [0.25, 0.3) is 5.91 Å². The molecule has 2 aromatic rings. The van der Waals surface area contributed by atoms with Crippen LogP contribution in [0.2, 0.25) is 0 Å². The van der Waals surface area contributed by atoms with E-state index in [2.05, 4.69) is 10.3 Å². The molecule has 0 radical (unpaired) electrons. The highest BCUT2D eigenvalue weighted by Crippen LogP contribution is 2.44. The fraction of sp³-hybridized carbons (Fsp3) is 0.484. The molecular weight excluding hydrogens is 560 g/mol. The number of likely N-dealkylation sites (tertiary alicyclic amines) is 1. The number of allylic oxidation sites excluding steroid dienone is 2. The number of amides is 2. The van der Waals surface area contributed by atoms with Gasteiger partial charge in [0, 0.05) is 55.1 Å². The summed E-state index contributed by atoms with van der Waals surface area (Å²) in [6, 6.07) is 5.47. The first-order valence-corrected chi connectivity index (χ1v) is 14.5.